The van der Waals surface area contributed by atoms with E-state index in [1.807, 2.05) is 0 Å². The van der Waals surface area contributed by atoms with Crippen LogP contribution >= 0.6 is 0 Å². The van der Waals surface area contributed by atoms with Gasteiger partial charge in [0.1, 0.15) is 17.5 Å². The summed E-state index contributed by atoms with van der Waals surface area (Å²) in [6.07, 6.45) is -1.35. The van der Waals surface area contributed by atoms with E-state index in [0.717, 1.165) is 12.1 Å². The van der Waals surface area contributed by atoms with E-state index in [-0.39, 0.29) is 17.9 Å². The van der Waals surface area contributed by atoms with Gasteiger partial charge in [0.25, 0.3) is 0 Å². The molecule has 21 heavy (non-hydrogen) atoms. The minimum Gasteiger partial charge on any atom is -0.387 e. The fourth-order valence-electron chi connectivity index (χ4n) is 2.16. The number of nitrogens with one attached hydrogen (secondary N) is 1. The lowest BCUT2D eigenvalue weighted by atomic mass is 10.1. The third-order valence-electron chi connectivity index (χ3n) is 3.32. The predicted molar refractivity (Wildman–Crippen MR) is 74.1 cm³/mol. The molecule has 2 rings (SSSR count). The Morgan fingerprint density at radius 3 is 2.14 bits per heavy atom. The molecule has 112 valence electrons. The molecule has 0 amide bonds. The third-order valence-corrected chi connectivity index (χ3v) is 3.32. The maximum absolute atomic E-state index is 13.6. The molecular weight excluding hydrogens is 279 g/mol. The van der Waals surface area contributed by atoms with Gasteiger partial charge in [-0.05, 0) is 25.1 Å². The molecular formula is C16H16F3NO. The maximum atomic E-state index is 13.6. The summed E-state index contributed by atoms with van der Waals surface area (Å²) < 4.78 is 40.6. The van der Waals surface area contributed by atoms with Crippen LogP contribution in [0.3, 0.4) is 0 Å². The van der Waals surface area contributed by atoms with Crippen molar-refractivity contribution >= 4 is 0 Å². The zero-order chi connectivity index (χ0) is 15.4. The topological polar surface area (TPSA) is 32.3 Å². The van der Waals surface area contributed by atoms with Gasteiger partial charge < -0.3 is 10.4 Å². The van der Waals surface area contributed by atoms with E-state index in [0.29, 0.717) is 5.56 Å². The summed E-state index contributed by atoms with van der Waals surface area (Å²) in [5.41, 5.74) is 0.0458. The Morgan fingerprint density at radius 1 is 0.952 bits per heavy atom. The zero-order valence-electron chi connectivity index (χ0n) is 11.5. The van der Waals surface area contributed by atoms with Gasteiger partial charge >= 0.3 is 0 Å². The summed E-state index contributed by atoms with van der Waals surface area (Å²) in [4.78, 5) is 0. The summed E-state index contributed by atoms with van der Waals surface area (Å²) in [7, 11) is 0. The molecule has 2 nitrogen and oxygen atoms in total. The number of hydrogen-bond donors (Lipinski definition) is 2. The Labute approximate surface area is 121 Å². The molecule has 1 unspecified atom stereocenters. The highest BCUT2D eigenvalue weighted by atomic mass is 19.1. The molecule has 0 aliphatic rings. The summed E-state index contributed by atoms with van der Waals surface area (Å²) in [5.74, 6) is -1.98. The molecule has 0 saturated carbocycles. The molecule has 0 aliphatic carbocycles. The molecule has 0 aliphatic heterocycles. The first kappa shape index (κ1) is 15.5. The fraction of sp³-hybridized carbons (Fsp3) is 0.250. The van der Waals surface area contributed by atoms with Gasteiger partial charge in [0.15, 0.2) is 0 Å². The van der Waals surface area contributed by atoms with E-state index in [1.165, 1.54) is 12.1 Å². The summed E-state index contributed by atoms with van der Waals surface area (Å²) in [5, 5.41) is 12.8. The van der Waals surface area contributed by atoms with E-state index in [4.69, 9.17) is 0 Å². The lowest BCUT2D eigenvalue weighted by Gasteiger charge is -2.19. The summed E-state index contributed by atoms with van der Waals surface area (Å²) >= 11 is 0. The van der Waals surface area contributed by atoms with Crippen LogP contribution in [-0.2, 0) is 0 Å². The lowest BCUT2D eigenvalue weighted by Crippen LogP contribution is -2.26. The van der Waals surface area contributed by atoms with E-state index >= 15 is 0 Å². The second-order valence-corrected chi connectivity index (χ2v) is 4.80. The van der Waals surface area contributed by atoms with Crippen molar-refractivity contribution < 1.29 is 18.3 Å². The molecule has 0 heterocycles. The number of benzene rings is 2. The van der Waals surface area contributed by atoms with Crippen LogP contribution in [0.5, 0.6) is 0 Å². The maximum Gasteiger partial charge on any atom is 0.131 e. The van der Waals surface area contributed by atoms with Crippen molar-refractivity contribution in [3.8, 4) is 0 Å². The monoisotopic (exact) mass is 295 g/mol. The van der Waals surface area contributed by atoms with E-state index in [2.05, 4.69) is 5.32 Å². The number of hydrogen-bond acceptors (Lipinski definition) is 2. The Hall–Kier alpha value is -1.85. The van der Waals surface area contributed by atoms with Gasteiger partial charge in [-0.25, -0.2) is 13.2 Å². The van der Waals surface area contributed by atoms with Crippen LogP contribution in [0.15, 0.2) is 42.5 Å². The highest BCUT2D eigenvalue weighted by molar-refractivity contribution is 5.23. The van der Waals surface area contributed by atoms with Crippen LogP contribution < -0.4 is 5.32 Å². The largest absolute Gasteiger partial charge is 0.387 e. The van der Waals surface area contributed by atoms with E-state index in [9.17, 15) is 18.3 Å². The highest BCUT2D eigenvalue weighted by Gasteiger charge is 2.19. The SMILES string of the molecule is C[C@@H](NCC(O)c1c(F)cccc1F)c1ccccc1F. The van der Waals surface area contributed by atoms with Crippen molar-refractivity contribution in [3.05, 3.63) is 71.0 Å². The predicted octanol–water partition coefficient (Wildman–Crippen LogP) is 3.49. The van der Waals surface area contributed by atoms with Crippen LogP contribution in [0.2, 0.25) is 0 Å². The van der Waals surface area contributed by atoms with Crippen molar-refractivity contribution in [2.45, 2.75) is 19.1 Å². The average Bonchev–Trinajstić information content (AvgIpc) is 2.45. The van der Waals surface area contributed by atoms with Crippen LogP contribution in [0.4, 0.5) is 13.2 Å². The summed E-state index contributed by atoms with van der Waals surface area (Å²) in [6.45, 7) is 1.62. The van der Waals surface area contributed by atoms with E-state index < -0.39 is 23.8 Å². The molecule has 2 N–H and O–H groups in total. The molecule has 0 radical (unpaired) electrons. The van der Waals surface area contributed by atoms with Crippen molar-refractivity contribution in [2.75, 3.05) is 6.54 Å². The first-order chi connectivity index (χ1) is 10.0. The molecule has 5 heteroatoms. The molecule has 2 atom stereocenters. The number of rotatable bonds is 5. The molecule has 0 bridgehead atoms. The van der Waals surface area contributed by atoms with Gasteiger partial charge in [0.05, 0.1) is 11.7 Å². The number of halogens is 3. The van der Waals surface area contributed by atoms with Gasteiger partial charge in [0, 0.05) is 18.2 Å². The highest BCUT2D eigenvalue weighted by Crippen LogP contribution is 2.22. The standard InChI is InChI=1S/C16H16F3NO/c1-10(11-5-2-3-6-12(11)17)20-9-15(21)16-13(18)7-4-8-14(16)19/h2-8,10,15,20-21H,9H2,1H3/t10-,15?/m1/s1. The quantitative estimate of drug-likeness (QED) is 0.885. The Bertz CT molecular complexity index is 598. The second-order valence-electron chi connectivity index (χ2n) is 4.80. The normalized spacial score (nSPS) is 14.0. The van der Waals surface area contributed by atoms with Crippen LogP contribution in [-0.4, -0.2) is 11.7 Å². The fourth-order valence-corrected chi connectivity index (χ4v) is 2.16. The Morgan fingerprint density at radius 2 is 1.52 bits per heavy atom. The Kier molecular flexibility index (Phi) is 4.98. The molecule has 0 aromatic heterocycles. The van der Waals surface area contributed by atoms with Crippen molar-refractivity contribution in [3.63, 3.8) is 0 Å². The van der Waals surface area contributed by atoms with Crippen LogP contribution in [0, 0.1) is 17.5 Å². The van der Waals surface area contributed by atoms with Crippen LogP contribution in [0.25, 0.3) is 0 Å². The average molecular weight is 295 g/mol. The van der Waals surface area contributed by atoms with Gasteiger partial charge in [-0.3, -0.25) is 0 Å². The number of aliphatic hydroxyl groups is 1. The van der Waals surface area contributed by atoms with Crippen molar-refractivity contribution in [1.82, 2.24) is 5.32 Å². The Balaban J connectivity index is 2.04. The second kappa shape index (κ2) is 6.74. The molecule has 2 aromatic rings. The molecule has 2 aromatic carbocycles. The molecule has 0 fully saturated rings. The van der Waals surface area contributed by atoms with Gasteiger partial charge in [0.2, 0.25) is 0 Å². The van der Waals surface area contributed by atoms with Crippen molar-refractivity contribution in [1.29, 1.82) is 0 Å². The molecule has 0 spiro atoms. The van der Waals surface area contributed by atoms with Gasteiger partial charge in [-0.15, -0.1) is 0 Å². The first-order valence-electron chi connectivity index (χ1n) is 6.60. The minimum atomic E-state index is -1.35. The summed E-state index contributed by atoms with van der Waals surface area (Å²) in [6, 6.07) is 9.23. The molecule has 0 saturated heterocycles. The smallest absolute Gasteiger partial charge is 0.131 e. The minimum absolute atomic E-state index is 0.0899. The van der Waals surface area contributed by atoms with Gasteiger partial charge in [-0.1, -0.05) is 24.3 Å². The first-order valence-corrected chi connectivity index (χ1v) is 6.60. The third kappa shape index (κ3) is 3.62. The van der Waals surface area contributed by atoms with Crippen LogP contribution in [0.1, 0.15) is 30.2 Å². The zero-order valence-corrected chi connectivity index (χ0v) is 11.5. The van der Waals surface area contributed by atoms with Gasteiger partial charge in [-0.2, -0.15) is 0 Å². The van der Waals surface area contributed by atoms with Crippen molar-refractivity contribution in [2.24, 2.45) is 0 Å². The lowest BCUT2D eigenvalue weighted by molar-refractivity contribution is 0.161. The van der Waals surface area contributed by atoms with E-state index in [1.54, 1.807) is 25.1 Å². The number of aliphatic hydroxyl groups excluding tert-OH is 1.